The van der Waals surface area contributed by atoms with Gasteiger partial charge in [-0.05, 0) is 12.1 Å². The fourth-order valence-electron chi connectivity index (χ4n) is 2.18. The van der Waals surface area contributed by atoms with Gasteiger partial charge in [-0.2, -0.15) is 0 Å². The molecular formula is C14H16N2O4. The van der Waals surface area contributed by atoms with Crippen LogP contribution in [0.25, 0.3) is 0 Å². The van der Waals surface area contributed by atoms with Crippen LogP contribution in [-0.4, -0.2) is 36.0 Å². The topological polar surface area (TPSA) is 86.7 Å². The van der Waals surface area contributed by atoms with Crippen molar-refractivity contribution in [3.63, 3.8) is 0 Å². The first-order valence-electron chi connectivity index (χ1n) is 6.43. The summed E-state index contributed by atoms with van der Waals surface area (Å²) >= 11 is 0. The van der Waals surface area contributed by atoms with E-state index in [4.69, 9.17) is 5.11 Å². The first-order valence-corrected chi connectivity index (χ1v) is 6.43. The molecule has 1 aromatic carbocycles. The van der Waals surface area contributed by atoms with E-state index in [1.165, 1.54) is 0 Å². The Labute approximate surface area is 116 Å². The van der Waals surface area contributed by atoms with Gasteiger partial charge in [0.2, 0.25) is 11.8 Å². The Morgan fingerprint density at radius 2 is 2.00 bits per heavy atom. The Hall–Kier alpha value is -2.37. The lowest BCUT2D eigenvalue weighted by Crippen LogP contribution is -2.34. The lowest BCUT2D eigenvalue weighted by molar-refractivity contribution is -0.137. The molecule has 2 amide bonds. The number of hydrogen-bond acceptors (Lipinski definition) is 3. The molecular weight excluding hydrogens is 260 g/mol. The van der Waals surface area contributed by atoms with E-state index >= 15 is 0 Å². The van der Waals surface area contributed by atoms with Crippen molar-refractivity contribution in [3.8, 4) is 0 Å². The number of para-hydroxylation sites is 1. The number of carboxylic acids is 1. The third kappa shape index (κ3) is 3.34. The second-order valence-electron chi connectivity index (χ2n) is 4.68. The quantitative estimate of drug-likeness (QED) is 0.826. The predicted molar refractivity (Wildman–Crippen MR) is 72.2 cm³/mol. The van der Waals surface area contributed by atoms with Crippen molar-refractivity contribution in [2.24, 2.45) is 5.92 Å². The van der Waals surface area contributed by atoms with Gasteiger partial charge in [0.15, 0.2) is 0 Å². The number of benzene rings is 1. The average Bonchev–Trinajstić information content (AvgIpc) is 2.81. The van der Waals surface area contributed by atoms with Gasteiger partial charge in [-0.25, -0.2) is 0 Å². The van der Waals surface area contributed by atoms with Gasteiger partial charge in [0.1, 0.15) is 0 Å². The number of aliphatic carboxylic acids is 1. The van der Waals surface area contributed by atoms with Crippen molar-refractivity contribution in [1.29, 1.82) is 0 Å². The number of amides is 2. The number of carboxylic acid groups (broad SMARTS) is 1. The largest absolute Gasteiger partial charge is 0.481 e. The van der Waals surface area contributed by atoms with E-state index < -0.39 is 11.9 Å². The minimum atomic E-state index is -0.960. The molecule has 2 rings (SSSR count). The standard InChI is InChI=1S/C14H16N2O4/c17-12-8-10(14(20)15-7-6-13(18)19)9-16(12)11-4-2-1-3-5-11/h1-5,10H,6-9H2,(H,15,20)(H,18,19). The summed E-state index contributed by atoms with van der Waals surface area (Å²) in [6.07, 6.45) is 0.0443. The molecule has 0 saturated carbocycles. The summed E-state index contributed by atoms with van der Waals surface area (Å²) in [5, 5.41) is 11.1. The number of carbonyl (C=O) groups is 3. The lowest BCUT2D eigenvalue weighted by Gasteiger charge is -2.16. The van der Waals surface area contributed by atoms with Crippen LogP contribution >= 0.6 is 0 Å². The zero-order chi connectivity index (χ0) is 14.5. The molecule has 1 aliphatic heterocycles. The third-order valence-electron chi connectivity index (χ3n) is 3.20. The summed E-state index contributed by atoms with van der Waals surface area (Å²) in [7, 11) is 0. The van der Waals surface area contributed by atoms with Crippen LogP contribution in [0, 0.1) is 5.92 Å². The summed E-state index contributed by atoms with van der Waals surface area (Å²) in [6.45, 7) is 0.423. The molecule has 106 valence electrons. The zero-order valence-corrected chi connectivity index (χ0v) is 10.9. The van der Waals surface area contributed by atoms with Crippen LogP contribution in [0.5, 0.6) is 0 Å². The van der Waals surface area contributed by atoms with E-state index in [2.05, 4.69) is 5.32 Å². The van der Waals surface area contributed by atoms with E-state index in [1.54, 1.807) is 4.90 Å². The first kappa shape index (κ1) is 14.0. The Morgan fingerprint density at radius 1 is 1.30 bits per heavy atom. The molecule has 1 aliphatic rings. The minimum absolute atomic E-state index is 0.0875. The van der Waals surface area contributed by atoms with E-state index in [-0.39, 0.29) is 31.2 Å². The van der Waals surface area contributed by atoms with Crippen LogP contribution in [-0.2, 0) is 14.4 Å². The van der Waals surface area contributed by atoms with E-state index in [9.17, 15) is 14.4 Å². The number of anilines is 1. The summed E-state index contributed by atoms with van der Waals surface area (Å²) in [5.41, 5.74) is 0.776. The highest BCUT2D eigenvalue weighted by Gasteiger charge is 2.34. The highest BCUT2D eigenvalue weighted by atomic mass is 16.4. The van der Waals surface area contributed by atoms with Gasteiger partial charge in [-0.1, -0.05) is 18.2 Å². The van der Waals surface area contributed by atoms with Crippen LogP contribution in [0.1, 0.15) is 12.8 Å². The Kier molecular flexibility index (Phi) is 4.34. The average molecular weight is 276 g/mol. The molecule has 0 aromatic heterocycles. The maximum Gasteiger partial charge on any atom is 0.305 e. The number of hydrogen-bond donors (Lipinski definition) is 2. The first-order chi connectivity index (χ1) is 9.58. The Balaban J connectivity index is 1.92. The van der Waals surface area contributed by atoms with Crippen molar-refractivity contribution in [2.45, 2.75) is 12.8 Å². The molecule has 6 heteroatoms. The second kappa shape index (κ2) is 6.18. The van der Waals surface area contributed by atoms with Crippen LogP contribution in [0.4, 0.5) is 5.69 Å². The predicted octanol–water partition coefficient (Wildman–Crippen LogP) is 0.630. The molecule has 1 unspecified atom stereocenters. The molecule has 0 bridgehead atoms. The van der Waals surface area contributed by atoms with Crippen molar-refractivity contribution >= 4 is 23.5 Å². The molecule has 1 saturated heterocycles. The molecule has 1 aromatic rings. The number of nitrogens with zero attached hydrogens (tertiary/aromatic N) is 1. The van der Waals surface area contributed by atoms with Gasteiger partial charge in [-0.15, -0.1) is 0 Å². The van der Waals surface area contributed by atoms with Crippen molar-refractivity contribution in [1.82, 2.24) is 5.32 Å². The molecule has 1 heterocycles. The molecule has 20 heavy (non-hydrogen) atoms. The summed E-state index contributed by atoms with van der Waals surface area (Å²) in [4.78, 5) is 35.8. The minimum Gasteiger partial charge on any atom is -0.481 e. The van der Waals surface area contributed by atoms with Gasteiger partial charge in [0.25, 0.3) is 0 Å². The summed E-state index contributed by atoms with van der Waals surface area (Å²) < 4.78 is 0. The van der Waals surface area contributed by atoms with Crippen LogP contribution in [0.2, 0.25) is 0 Å². The maximum absolute atomic E-state index is 11.9. The molecule has 0 spiro atoms. The zero-order valence-electron chi connectivity index (χ0n) is 10.9. The van der Waals surface area contributed by atoms with Gasteiger partial charge >= 0.3 is 5.97 Å². The highest BCUT2D eigenvalue weighted by Crippen LogP contribution is 2.24. The lowest BCUT2D eigenvalue weighted by atomic mass is 10.1. The van der Waals surface area contributed by atoms with E-state index in [1.807, 2.05) is 30.3 Å². The normalized spacial score (nSPS) is 18.1. The summed E-state index contributed by atoms with van der Waals surface area (Å²) in [5.74, 6) is -1.73. The SMILES string of the molecule is O=C(O)CCNC(=O)C1CC(=O)N(c2ccccc2)C1. The maximum atomic E-state index is 11.9. The molecule has 0 radical (unpaired) electrons. The van der Waals surface area contributed by atoms with Crippen molar-refractivity contribution in [3.05, 3.63) is 30.3 Å². The Morgan fingerprint density at radius 3 is 2.65 bits per heavy atom. The van der Waals surface area contributed by atoms with E-state index in [0.717, 1.165) is 5.69 Å². The van der Waals surface area contributed by atoms with Crippen LogP contribution < -0.4 is 10.2 Å². The monoisotopic (exact) mass is 276 g/mol. The molecule has 2 N–H and O–H groups in total. The van der Waals surface area contributed by atoms with Gasteiger partial charge in [0.05, 0.1) is 12.3 Å². The fraction of sp³-hybridized carbons (Fsp3) is 0.357. The smallest absolute Gasteiger partial charge is 0.305 e. The molecule has 1 fully saturated rings. The highest BCUT2D eigenvalue weighted by molar-refractivity contribution is 6.00. The van der Waals surface area contributed by atoms with E-state index in [0.29, 0.717) is 6.54 Å². The van der Waals surface area contributed by atoms with Crippen LogP contribution in [0.3, 0.4) is 0 Å². The van der Waals surface area contributed by atoms with Gasteiger partial charge < -0.3 is 15.3 Å². The van der Waals surface area contributed by atoms with Crippen molar-refractivity contribution in [2.75, 3.05) is 18.0 Å². The number of rotatable bonds is 5. The molecule has 0 aliphatic carbocycles. The van der Waals surface area contributed by atoms with Crippen molar-refractivity contribution < 1.29 is 19.5 Å². The van der Waals surface area contributed by atoms with Gasteiger partial charge in [-0.3, -0.25) is 14.4 Å². The van der Waals surface area contributed by atoms with Gasteiger partial charge in [0, 0.05) is 25.2 Å². The molecule has 6 nitrogen and oxygen atoms in total. The molecule has 1 atom stereocenters. The Bertz CT molecular complexity index is 515. The second-order valence-corrected chi connectivity index (χ2v) is 4.68. The summed E-state index contributed by atoms with van der Waals surface area (Å²) in [6, 6.07) is 9.18. The number of nitrogens with one attached hydrogen (secondary N) is 1. The third-order valence-corrected chi connectivity index (χ3v) is 3.20. The fourth-order valence-corrected chi connectivity index (χ4v) is 2.18. The van der Waals surface area contributed by atoms with Crippen LogP contribution in [0.15, 0.2) is 30.3 Å². The number of carbonyl (C=O) groups excluding carboxylic acids is 2.